The number of carbonyl (C=O) groups is 1. The molecule has 0 aliphatic heterocycles. The number of aromatic amines is 1. The molecule has 1 heterocycles. The monoisotopic (exact) mass is 369 g/mol. The first kappa shape index (κ1) is 18.5. The van der Waals surface area contributed by atoms with Crippen LogP contribution in [-0.2, 0) is 0 Å². The molecule has 136 valence electrons. The third-order valence-corrected chi connectivity index (χ3v) is 4.76. The van der Waals surface area contributed by atoms with Crippen molar-refractivity contribution in [1.82, 2.24) is 14.8 Å². The third-order valence-electron chi connectivity index (χ3n) is 4.52. The van der Waals surface area contributed by atoms with Gasteiger partial charge in [-0.05, 0) is 44.8 Å². The minimum atomic E-state index is 0.0144. The van der Waals surface area contributed by atoms with E-state index in [0.29, 0.717) is 23.8 Å². The largest absolute Gasteiger partial charge is 0.350 e. The SMILES string of the molecule is CCN(CCN(C)C)C(=O)c1[nH]c2ccc(Cl)cc2c1-c1ccccc1. The lowest BCUT2D eigenvalue weighted by Crippen LogP contribution is -2.36. The number of rotatable bonds is 6. The second-order valence-electron chi connectivity index (χ2n) is 6.62. The first-order valence-electron chi connectivity index (χ1n) is 8.82. The Morgan fingerprint density at radius 3 is 2.46 bits per heavy atom. The highest BCUT2D eigenvalue weighted by molar-refractivity contribution is 6.31. The Morgan fingerprint density at radius 2 is 1.81 bits per heavy atom. The molecule has 1 aromatic heterocycles. The molecule has 0 unspecified atom stereocenters. The fraction of sp³-hybridized carbons (Fsp3) is 0.286. The number of amides is 1. The van der Waals surface area contributed by atoms with Crippen LogP contribution < -0.4 is 0 Å². The highest BCUT2D eigenvalue weighted by atomic mass is 35.5. The van der Waals surface area contributed by atoms with Crippen LogP contribution in [-0.4, -0.2) is 54.4 Å². The van der Waals surface area contributed by atoms with Crippen LogP contribution in [0, 0.1) is 0 Å². The standard InChI is InChI=1S/C21H24ClN3O/c1-4-25(13-12-24(2)3)21(26)20-19(15-8-6-5-7-9-15)17-14-16(22)10-11-18(17)23-20/h5-11,14,23H,4,12-13H2,1-3H3. The summed E-state index contributed by atoms with van der Waals surface area (Å²) in [6.07, 6.45) is 0. The molecule has 0 aliphatic rings. The molecule has 1 N–H and O–H groups in total. The summed E-state index contributed by atoms with van der Waals surface area (Å²) < 4.78 is 0. The molecular weight excluding hydrogens is 346 g/mol. The predicted molar refractivity (Wildman–Crippen MR) is 109 cm³/mol. The van der Waals surface area contributed by atoms with Gasteiger partial charge in [-0.25, -0.2) is 0 Å². The van der Waals surface area contributed by atoms with E-state index in [0.717, 1.165) is 28.6 Å². The van der Waals surface area contributed by atoms with E-state index in [1.54, 1.807) is 0 Å². The van der Waals surface area contributed by atoms with Crippen LogP contribution >= 0.6 is 11.6 Å². The quantitative estimate of drug-likeness (QED) is 0.694. The maximum atomic E-state index is 13.3. The van der Waals surface area contributed by atoms with E-state index in [2.05, 4.69) is 9.88 Å². The van der Waals surface area contributed by atoms with E-state index in [9.17, 15) is 4.79 Å². The van der Waals surface area contributed by atoms with Crippen molar-refractivity contribution >= 4 is 28.4 Å². The minimum Gasteiger partial charge on any atom is -0.350 e. The summed E-state index contributed by atoms with van der Waals surface area (Å²) in [5, 5.41) is 1.63. The van der Waals surface area contributed by atoms with Gasteiger partial charge >= 0.3 is 0 Å². The van der Waals surface area contributed by atoms with Gasteiger partial charge in [0.25, 0.3) is 5.91 Å². The summed E-state index contributed by atoms with van der Waals surface area (Å²) in [5.74, 6) is 0.0144. The van der Waals surface area contributed by atoms with Gasteiger partial charge in [-0.2, -0.15) is 0 Å². The molecule has 0 bridgehead atoms. The van der Waals surface area contributed by atoms with Crippen LogP contribution in [0.5, 0.6) is 0 Å². The number of H-pyrrole nitrogens is 1. The molecule has 0 radical (unpaired) electrons. The zero-order chi connectivity index (χ0) is 18.7. The average molecular weight is 370 g/mol. The summed E-state index contributed by atoms with van der Waals surface area (Å²) in [6.45, 7) is 4.19. The van der Waals surface area contributed by atoms with Crippen molar-refractivity contribution < 1.29 is 4.79 Å². The topological polar surface area (TPSA) is 39.3 Å². The number of aromatic nitrogens is 1. The number of hydrogen-bond acceptors (Lipinski definition) is 2. The molecule has 0 saturated heterocycles. The molecular formula is C21H24ClN3O. The Morgan fingerprint density at radius 1 is 1.08 bits per heavy atom. The number of fused-ring (bicyclic) bond motifs is 1. The van der Waals surface area contributed by atoms with Crippen molar-refractivity contribution in [2.75, 3.05) is 33.7 Å². The van der Waals surface area contributed by atoms with Crippen molar-refractivity contribution in [3.05, 3.63) is 59.2 Å². The average Bonchev–Trinajstić information content (AvgIpc) is 3.01. The second kappa shape index (κ2) is 7.94. The van der Waals surface area contributed by atoms with Crippen LogP contribution in [0.4, 0.5) is 0 Å². The first-order chi connectivity index (χ1) is 12.5. The maximum Gasteiger partial charge on any atom is 0.270 e. The zero-order valence-corrected chi connectivity index (χ0v) is 16.2. The van der Waals surface area contributed by atoms with Crippen LogP contribution in [0.25, 0.3) is 22.0 Å². The van der Waals surface area contributed by atoms with E-state index in [-0.39, 0.29) is 5.91 Å². The number of benzene rings is 2. The van der Waals surface area contributed by atoms with E-state index in [4.69, 9.17) is 11.6 Å². The van der Waals surface area contributed by atoms with E-state index >= 15 is 0 Å². The summed E-state index contributed by atoms with van der Waals surface area (Å²) >= 11 is 6.23. The second-order valence-corrected chi connectivity index (χ2v) is 7.06. The Hall–Kier alpha value is -2.30. The fourth-order valence-electron chi connectivity index (χ4n) is 3.11. The van der Waals surface area contributed by atoms with Gasteiger partial charge in [0.05, 0.1) is 0 Å². The maximum absolute atomic E-state index is 13.3. The lowest BCUT2D eigenvalue weighted by molar-refractivity contribution is 0.0750. The molecule has 0 spiro atoms. The van der Waals surface area contributed by atoms with Crippen LogP contribution in [0.3, 0.4) is 0 Å². The normalized spacial score (nSPS) is 11.3. The molecule has 0 atom stereocenters. The molecule has 0 fully saturated rings. The van der Waals surface area contributed by atoms with Gasteiger partial charge in [0.2, 0.25) is 0 Å². The van der Waals surface area contributed by atoms with Gasteiger partial charge in [0.1, 0.15) is 5.69 Å². The van der Waals surface area contributed by atoms with Crippen molar-refractivity contribution in [3.63, 3.8) is 0 Å². The lowest BCUT2D eigenvalue weighted by atomic mass is 10.0. The van der Waals surface area contributed by atoms with Gasteiger partial charge in [-0.1, -0.05) is 41.9 Å². The molecule has 1 amide bonds. The highest BCUT2D eigenvalue weighted by Crippen LogP contribution is 2.34. The van der Waals surface area contributed by atoms with Crippen molar-refractivity contribution in [2.45, 2.75) is 6.92 Å². The highest BCUT2D eigenvalue weighted by Gasteiger charge is 2.23. The van der Waals surface area contributed by atoms with Crippen LogP contribution in [0.2, 0.25) is 5.02 Å². The number of carbonyl (C=O) groups excluding carboxylic acids is 1. The number of hydrogen-bond donors (Lipinski definition) is 1. The van der Waals surface area contributed by atoms with Crippen molar-refractivity contribution in [1.29, 1.82) is 0 Å². The molecule has 5 heteroatoms. The zero-order valence-electron chi connectivity index (χ0n) is 15.4. The van der Waals surface area contributed by atoms with Gasteiger partial charge in [-0.3, -0.25) is 4.79 Å². The number of likely N-dealkylation sites (N-methyl/N-ethyl adjacent to an activating group) is 2. The first-order valence-corrected chi connectivity index (χ1v) is 9.19. The molecule has 2 aromatic carbocycles. The van der Waals surface area contributed by atoms with Crippen molar-refractivity contribution in [2.24, 2.45) is 0 Å². The molecule has 0 aliphatic carbocycles. The van der Waals surface area contributed by atoms with Crippen molar-refractivity contribution in [3.8, 4) is 11.1 Å². The summed E-state index contributed by atoms with van der Waals surface area (Å²) in [4.78, 5) is 20.6. The molecule has 3 aromatic rings. The number of nitrogens with one attached hydrogen (secondary N) is 1. The summed E-state index contributed by atoms with van der Waals surface area (Å²) in [6, 6.07) is 15.7. The van der Waals surface area contributed by atoms with Crippen LogP contribution in [0.15, 0.2) is 48.5 Å². The Kier molecular flexibility index (Phi) is 5.64. The molecule has 26 heavy (non-hydrogen) atoms. The van der Waals surface area contributed by atoms with Crippen LogP contribution in [0.1, 0.15) is 17.4 Å². The van der Waals surface area contributed by atoms with E-state index < -0.39 is 0 Å². The molecule has 3 rings (SSSR count). The van der Waals surface area contributed by atoms with E-state index in [1.807, 2.05) is 74.4 Å². The summed E-state index contributed by atoms with van der Waals surface area (Å²) in [7, 11) is 4.03. The van der Waals surface area contributed by atoms with E-state index in [1.165, 1.54) is 0 Å². The van der Waals surface area contributed by atoms with Gasteiger partial charge < -0.3 is 14.8 Å². The summed E-state index contributed by atoms with van der Waals surface area (Å²) in [5.41, 5.74) is 3.46. The van der Waals surface area contributed by atoms with Gasteiger partial charge in [0, 0.05) is 41.1 Å². The Bertz CT molecular complexity index is 902. The van der Waals surface area contributed by atoms with Gasteiger partial charge in [-0.15, -0.1) is 0 Å². The van der Waals surface area contributed by atoms with Gasteiger partial charge in [0.15, 0.2) is 0 Å². The smallest absolute Gasteiger partial charge is 0.270 e. The Labute approximate surface area is 159 Å². The predicted octanol–water partition coefficient (Wildman–Crippen LogP) is 4.51. The Balaban J connectivity index is 2.11. The molecule has 0 saturated carbocycles. The number of nitrogens with zero attached hydrogens (tertiary/aromatic N) is 2. The fourth-order valence-corrected chi connectivity index (χ4v) is 3.28. The third kappa shape index (κ3) is 3.76. The molecule has 4 nitrogen and oxygen atoms in total. The minimum absolute atomic E-state index is 0.0144. The number of halogens is 1. The lowest BCUT2D eigenvalue weighted by Gasteiger charge is -2.23.